The van der Waals surface area contributed by atoms with Crippen molar-refractivity contribution in [3.63, 3.8) is 0 Å². The number of hydrogen-bond donors (Lipinski definition) is 2. The molecule has 0 aromatic carbocycles. The van der Waals surface area contributed by atoms with Gasteiger partial charge >= 0.3 is 0 Å². The van der Waals surface area contributed by atoms with Crippen molar-refractivity contribution < 1.29 is 4.74 Å². The van der Waals surface area contributed by atoms with E-state index in [1.807, 2.05) is 30.6 Å². The third-order valence-electron chi connectivity index (χ3n) is 4.23. The minimum atomic E-state index is 0.763. The molecule has 3 rings (SSSR count). The minimum absolute atomic E-state index is 0.763. The van der Waals surface area contributed by atoms with E-state index >= 15 is 0 Å². The van der Waals surface area contributed by atoms with Crippen LogP contribution >= 0.6 is 0 Å². The number of H-pyrrole nitrogens is 2. The molecular weight excluding hydrogens is 262 g/mol. The highest BCUT2D eigenvalue weighted by atomic mass is 16.5. The molecule has 0 atom stereocenters. The third-order valence-corrected chi connectivity index (χ3v) is 4.23. The van der Waals surface area contributed by atoms with Gasteiger partial charge in [-0.3, -0.25) is 4.99 Å². The minimum Gasteiger partial charge on any atom is -0.494 e. The van der Waals surface area contributed by atoms with Crippen molar-refractivity contribution in [1.82, 2.24) is 9.97 Å². The molecule has 0 bridgehead atoms. The highest BCUT2D eigenvalue weighted by Gasteiger charge is 2.13. The van der Waals surface area contributed by atoms with Crippen LogP contribution < -0.4 is 4.74 Å². The van der Waals surface area contributed by atoms with Crippen LogP contribution in [0, 0.1) is 5.92 Å². The second-order valence-corrected chi connectivity index (χ2v) is 5.75. The van der Waals surface area contributed by atoms with Crippen LogP contribution in [-0.2, 0) is 0 Å². The summed E-state index contributed by atoms with van der Waals surface area (Å²) in [6.45, 7) is 0.931. The lowest BCUT2D eigenvalue weighted by molar-refractivity contribution is 0.367. The van der Waals surface area contributed by atoms with Crippen molar-refractivity contribution in [2.75, 3.05) is 13.7 Å². The normalized spacial score (nSPS) is 16.6. The van der Waals surface area contributed by atoms with E-state index in [4.69, 9.17) is 4.74 Å². The molecule has 0 amide bonds. The topological polar surface area (TPSA) is 53.2 Å². The molecule has 4 nitrogen and oxygen atoms in total. The van der Waals surface area contributed by atoms with Crippen LogP contribution in [0.4, 0.5) is 0 Å². The Balaban J connectivity index is 1.69. The number of hydrogen-bond acceptors (Lipinski definition) is 2. The van der Waals surface area contributed by atoms with Crippen LogP contribution in [0.25, 0.3) is 11.4 Å². The van der Waals surface area contributed by atoms with Crippen LogP contribution in [0.5, 0.6) is 5.75 Å². The highest BCUT2D eigenvalue weighted by Crippen LogP contribution is 2.26. The maximum Gasteiger partial charge on any atom is 0.146 e. The lowest BCUT2D eigenvalue weighted by atomic mass is 9.89. The van der Waals surface area contributed by atoms with Gasteiger partial charge in [0.2, 0.25) is 0 Å². The summed E-state index contributed by atoms with van der Waals surface area (Å²) in [5.41, 5.74) is 3.02. The van der Waals surface area contributed by atoms with Crippen LogP contribution in [0.15, 0.2) is 29.4 Å². The monoisotopic (exact) mass is 285 g/mol. The quantitative estimate of drug-likeness (QED) is 0.801. The van der Waals surface area contributed by atoms with Gasteiger partial charge in [0.25, 0.3) is 0 Å². The lowest BCUT2D eigenvalue weighted by Gasteiger charge is -2.19. The molecule has 0 aliphatic heterocycles. The van der Waals surface area contributed by atoms with E-state index in [2.05, 4.69) is 15.0 Å². The molecule has 0 radical (unpaired) electrons. The van der Waals surface area contributed by atoms with Gasteiger partial charge in [-0.25, -0.2) is 0 Å². The Labute approximate surface area is 125 Å². The van der Waals surface area contributed by atoms with Gasteiger partial charge in [0.05, 0.1) is 24.2 Å². The Morgan fingerprint density at radius 1 is 1.29 bits per heavy atom. The van der Waals surface area contributed by atoms with Gasteiger partial charge < -0.3 is 14.7 Å². The first-order chi connectivity index (χ1) is 10.4. The summed E-state index contributed by atoms with van der Waals surface area (Å²) in [7, 11) is 1.69. The largest absolute Gasteiger partial charge is 0.494 e. The van der Waals surface area contributed by atoms with E-state index in [1.165, 1.54) is 32.1 Å². The molecule has 1 saturated carbocycles. The first-order valence-corrected chi connectivity index (χ1v) is 7.77. The van der Waals surface area contributed by atoms with E-state index in [0.29, 0.717) is 0 Å². The number of nitrogens with one attached hydrogen (secondary N) is 2. The van der Waals surface area contributed by atoms with Gasteiger partial charge in [0.1, 0.15) is 5.75 Å². The number of aromatic nitrogens is 2. The fourth-order valence-corrected chi connectivity index (χ4v) is 3.02. The summed E-state index contributed by atoms with van der Waals surface area (Å²) in [6.07, 6.45) is 10.6. The van der Waals surface area contributed by atoms with Gasteiger partial charge in [-0.1, -0.05) is 19.3 Å². The molecule has 1 aliphatic carbocycles. The van der Waals surface area contributed by atoms with Crippen molar-refractivity contribution in [2.24, 2.45) is 10.9 Å². The van der Waals surface area contributed by atoms with E-state index in [0.717, 1.165) is 35.3 Å². The van der Waals surface area contributed by atoms with Crippen molar-refractivity contribution in [2.45, 2.75) is 32.1 Å². The fourth-order valence-electron chi connectivity index (χ4n) is 3.02. The molecular formula is C17H23N3O. The summed E-state index contributed by atoms with van der Waals surface area (Å²) >= 11 is 0. The molecule has 2 N–H and O–H groups in total. The summed E-state index contributed by atoms with van der Waals surface area (Å²) in [5.74, 6) is 1.60. The van der Waals surface area contributed by atoms with Crippen molar-refractivity contribution in [3.05, 3.63) is 30.1 Å². The Bertz CT molecular complexity index is 577. The number of aliphatic imine (C=N–C) groups is 1. The molecule has 2 heterocycles. The second kappa shape index (κ2) is 6.66. The zero-order chi connectivity index (χ0) is 14.5. The smallest absolute Gasteiger partial charge is 0.146 e. The summed E-state index contributed by atoms with van der Waals surface area (Å²) < 4.78 is 5.43. The van der Waals surface area contributed by atoms with E-state index < -0.39 is 0 Å². The summed E-state index contributed by atoms with van der Waals surface area (Å²) in [6, 6.07) is 6.03. The summed E-state index contributed by atoms with van der Waals surface area (Å²) in [5, 5.41) is 0. The molecule has 0 spiro atoms. The Kier molecular flexibility index (Phi) is 4.43. The Morgan fingerprint density at radius 3 is 2.86 bits per heavy atom. The maximum atomic E-state index is 5.43. The van der Waals surface area contributed by atoms with Crippen LogP contribution in [-0.4, -0.2) is 29.8 Å². The number of ether oxygens (including phenoxy) is 1. The average molecular weight is 285 g/mol. The molecule has 2 aromatic rings. The Morgan fingerprint density at radius 2 is 2.14 bits per heavy atom. The van der Waals surface area contributed by atoms with Crippen LogP contribution in [0.1, 0.15) is 37.8 Å². The zero-order valence-corrected chi connectivity index (χ0v) is 12.6. The predicted molar refractivity (Wildman–Crippen MR) is 86.2 cm³/mol. The van der Waals surface area contributed by atoms with E-state index in [9.17, 15) is 0 Å². The molecule has 2 aromatic heterocycles. The lowest BCUT2D eigenvalue weighted by Crippen LogP contribution is -2.09. The zero-order valence-electron chi connectivity index (χ0n) is 12.6. The van der Waals surface area contributed by atoms with Crippen LogP contribution in [0.2, 0.25) is 0 Å². The SMILES string of the molecule is COc1cc(-c2ccc[nH]2)[nH]c1C=NCC1CCCCC1. The molecule has 1 aliphatic rings. The van der Waals surface area contributed by atoms with E-state index in [-0.39, 0.29) is 0 Å². The second-order valence-electron chi connectivity index (χ2n) is 5.75. The molecule has 0 saturated heterocycles. The molecule has 112 valence electrons. The number of nitrogens with zero attached hydrogens (tertiary/aromatic N) is 1. The molecule has 1 fully saturated rings. The van der Waals surface area contributed by atoms with Crippen LogP contribution in [0.3, 0.4) is 0 Å². The van der Waals surface area contributed by atoms with E-state index in [1.54, 1.807) is 7.11 Å². The highest BCUT2D eigenvalue weighted by molar-refractivity contribution is 5.83. The fraction of sp³-hybridized carbons (Fsp3) is 0.471. The van der Waals surface area contributed by atoms with Gasteiger partial charge in [-0.15, -0.1) is 0 Å². The Hall–Kier alpha value is -1.97. The first-order valence-electron chi connectivity index (χ1n) is 7.77. The number of aromatic amines is 2. The predicted octanol–water partition coefficient (Wildman–Crippen LogP) is 4.02. The first kappa shape index (κ1) is 14.0. The standard InChI is InChI=1S/C17H23N3O/c1-21-17-10-15(14-8-5-9-19-14)20-16(17)12-18-11-13-6-3-2-4-7-13/h5,8-10,12-13,19-20H,2-4,6-7,11H2,1H3. The van der Waals surface area contributed by atoms with Gasteiger partial charge in [0, 0.05) is 25.0 Å². The molecule has 21 heavy (non-hydrogen) atoms. The number of rotatable bonds is 5. The van der Waals surface area contributed by atoms with Crippen molar-refractivity contribution >= 4 is 6.21 Å². The third kappa shape index (κ3) is 3.38. The maximum absolute atomic E-state index is 5.43. The molecule has 4 heteroatoms. The van der Waals surface area contributed by atoms with Gasteiger partial charge in [-0.05, 0) is 30.9 Å². The molecule has 0 unspecified atom stereocenters. The average Bonchev–Trinajstić information content (AvgIpc) is 3.17. The summed E-state index contributed by atoms with van der Waals surface area (Å²) in [4.78, 5) is 11.2. The number of methoxy groups -OCH3 is 1. The van der Waals surface area contributed by atoms with Gasteiger partial charge in [0.15, 0.2) is 0 Å². The van der Waals surface area contributed by atoms with Gasteiger partial charge in [-0.2, -0.15) is 0 Å². The van der Waals surface area contributed by atoms with Crippen molar-refractivity contribution in [3.8, 4) is 17.1 Å². The van der Waals surface area contributed by atoms with Crippen molar-refractivity contribution in [1.29, 1.82) is 0 Å².